The third-order valence-electron chi connectivity index (χ3n) is 7.51. The van der Waals surface area contributed by atoms with E-state index in [1.54, 1.807) is 48.7 Å². The molecule has 0 bridgehead atoms. The van der Waals surface area contributed by atoms with Gasteiger partial charge in [0.05, 0.1) is 60.1 Å². The maximum atomic E-state index is 14.1. The summed E-state index contributed by atoms with van der Waals surface area (Å²) in [6, 6.07) is 14.9. The van der Waals surface area contributed by atoms with E-state index in [2.05, 4.69) is 10.6 Å². The van der Waals surface area contributed by atoms with Crippen LogP contribution in [0.5, 0.6) is 34.5 Å². The second kappa shape index (κ2) is 11.3. The highest BCUT2D eigenvalue weighted by Crippen LogP contribution is 2.49. The summed E-state index contributed by atoms with van der Waals surface area (Å²) >= 11 is 0. The Hall–Kier alpha value is -4.53. The first-order valence-electron chi connectivity index (χ1n) is 12.9. The van der Waals surface area contributed by atoms with Crippen molar-refractivity contribution in [1.82, 2.24) is 0 Å². The van der Waals surface area contributed by atoms with Gasteiger partial charge in [-0.05, 0) is 48.2 Å². The molecule has 2 aliphatic rings. The molecule has 1 aliphatic heterocycles. The van der Waals surface area contributed by atoms with Gasteiger partial charge in [0.25, 0.3) is 0 Å². The van der Waals surface area contributed by atoms with Crippen LogP contribution in [0.2, 0.25) is 0 Å². The molecule has 40 heavy (non-hydrogen) atoms. The number of fused-ring (bicyclic) bond motifs is 1. The molecule has 210 valence electrons. The van der Waals surface area contributed by atoms with E-state index >= 15 is 0 Å². The predicted molar refractivity (Wildman–Crippen MR) is 153 cm³/mol. The van der Waals surface area contributed by atoms with E-state index in [1.165, 1.54) is 0 Å². The normalized spacial score (nSPS) is 17.9. The molecular formula is C31H34N2O7. The van der Waals surface area contributed by atoms with Crippen LogP contribution in [0, 0.1) is 0 Å². The van der Waals surface area contributed by atoms with E-state index in [1.807, 2.05) is 42.5 Å². The molecule has 0 fully saturated rings. The number of ether oxygens (including phenoxy) is 6. The maximum Gasteiger partial charge on any atom is 0.203 e. The Balaban J connectivity index is 1.65. The summed E-state index contributed by atoms with van der Waals surface area (Å²) in [5.74, 6) is 3.22. The molecule has 0 saturated heterocycles. The first-order chi connectivity index (χ1) is 19.5. The molecule has 2 atom stereocenters. The van der Waals surface area contributed by atoms with E-state index in [9.17, 15) is 4.79 Å². The number of rotatable bonds is 8. The molecule has 3 aromatic rings. The third kappa shape index (κ3) is 4.72. The minimum atomic E-state index is -0.491. The standard InChI is InChI=1S/C31H34N2O7/c1-35-24-16-26(37-3)25(36-2)15-19(24)30-29-22(32-20-9-7-8-10-21(20)33-30)11-17(12-23(29)34)18-13-27(38-4)31(40-6)28(14-18)39-5/h7-10,13-17,30,32-33H,11-12H2,1-6H3/t17-,30-/m0/s1. The van der Waals surface area contributed by atoms with Gasteiger partial charge in [-0.25, -0.2) is 0 Å². The first-order valence-corrected chi connectivity index (χ1v) is 12.9. The summed E-state index contributed by atoms with van der Waals surface area (Å²) in [4.78, 5) is 14.1. The number of Topliss-reactive ketones (excluding diaryl/α,β-unsaturated/α-hetero) is 1. The quantitative estimate of drug-likeness (QED) is 0.368. The van der Waals surface area contributed by atoms with Gasteiger partial charge >= 0.3 is 0 Å². The Bertz CT molecular complexity index is 1440. The number of anilines is 2. The summed E-state index contributed by atoms with van der Waals surface area (Å²) < 4.78 is 33.6. The molecule has 1 aliphatic carbocycles. The molecule has 0 spiro atoms. The Kier molecular flexibility index (Phi) is 7.64. The van der Waals surface area contributed by atoms with E-state index in [0.29, 0.717) is 52.9 Å². The Morgan fingerprint density at radius 2 is 1.27 bits per heavy atom. The topological polar surface area (TPSA) is 96.5 Å². The largest absolute Gasteiger partial charge is 0.496 e. The van der Waals surface area contributed by atoms with Crippen molar-refractivity contribution >= 4 is 17.2 Å². The van der Waals surface area contributed by atoms with Crippen molar-refractivity contribution in [3.63, 3.8) is 0 Å². The van der Waals surface area contributed by atoms with Crippen LogP contribution in [0.3, 0.4) is 0 Å². The van der Waals surface area contributed by atoms with E-state index < -0.39 is 6.04 Å². The average molecular weight is 547 g/mol. The summed E-state index contributed by atoms with van der Waals surface area (Å²) in [6.07, 6.45) is 0.908. The van der Waals surface area contributed by atoms with E-state index in [4.69, 9.17) is 28.4 Å². The van der Waals surface area contributed by atoms with Gasteiger partial charge in [-0.2, -0.15) is 0 Å². The molecule has 1 heterocycles. The third-order valence-corrected chi connectivity index (χ3v) is 7.51. The van der Waals surface area contributed by atoms with Crippen LogP contribution < -0.4 is 39.1 Å². The van der Waals surface area contributed by atoms with Gasteiger partial charge in [0, 0.05) is 29.3 Å². The smallest absolute Gasteiger partial charge is 0.203 e. The molecule has 3 aromatic carbocycles. The number of methoxy groups -OCH3 is 6. The highest BCUT2D eigenvalue weighted by atomic mass is 16.5. The molecule has 0 aromatic heterocycles. The minimum Gasteiger partial charge on any atom is -0.496 e. The van der Waals surface area contributed by atoms with Gasteiger partial charge < -0.3 is 39.1 Å². The maximum absolute atomic E-state index is 14.1. The SMILES string of the molecule is COc1cc(OC)c([C@@H]2Nc3ccccc3NC3=C2C(=O)C[C@@H](c2cc(OC)c(OC)c(OC)c2)C3)cc1OC. The van der Waals surface area contributed by atoms with Gasteiger partial charge in [0.2, 0.25) is 5.75 Å². The highest BCUT2D eigenvalue weighted by Gasteiger charge is 2.38. The second-order valence-corrected chi connectivity index (χ2v) is 9.58. The fraction of sp³-hybridized carbons (Fsp3) is 0.323. The fourth-order valence-corrected chi connectivity index (χ4v) is 5.58. The van der Waals surface area contributed by atoms with Crippen molar-refractivity contribution < 1.29 is 33.2 Å². The number of benzene rings is 3. The first kappa shape index (κ1) is 27.1. The second-order valence-electron chi connectivity index (χ2n) is 9.58. The molecule has 0 radical (unpaired) electrons. The number of nitrogens with one attached hydrogen (secondary N) is 2. The molecule has 2 N–H and O–H groups in total. The molecular weight excluding hydrogens is 512 g/mol. The number of hydrogen-bond donors (Lipinski definition) is 2. The predicted octanol–water partition coefficient (Wildman–Crippen LogP) is 5.72. The van der Waals surface area contributed by atoms with Crippen molar-refractivity contribution in [1.29, 1.82) is 0 Å². The van der Waals surface area contributed by atoms with Crippen LogP contribution in [0.25, 0.3) is 0 Å². The van der Waals surface area contributed by atoms with Crippen LogP contribution in [0.4, 0.5) is 11.4 Å². The van der Waals surface area contributed by atoms with Gasteiger partial charge in [0.15, 0.2) is 28.8 Å². The Morgan fingerprint density at radius 3 is 1.88 bits per heavy atom. The number of carbonyl (C=O) groups excluding carboxylic acids is 1. The summed E-state index contributed by atoms with van der Waals surface area (Å²) in [5, 5.41) is 7.17. The lowest BCUT2D eigenvalue weighted by Crippen LogP contribution is -2.27. The Labute approximate surface area is 234 Å². The monoisotopic (exact) mass is 546 g/mol. The molecule has 9 heteroatoms. The van der Waals surface area contributed by atoms with Gasteiger partial charge in [-0.15, -0.1) is 0 Å². The number of allylic oxidation sites excluding steroid dienone is 1. The van der Waals surface area contributed by atoms with Crippen LogP contribution in [-0.4, -0.2) is 48.4 Å². The van der Waals surface area contributed by atoms with Gasteiger partial charge in [-0.3, -0.25) is 4.79 Å². The van der Waals surface area contributed by atoms with Crippen molar-refractivity contribution in [2.45, 2.75) is 24.8 Å². The van der Waals surface area contributed by atoms with Crippen LogP contribution in [-0.2, 0) is 4.79 Å². The molecule has 9 nitrogen and oxygen atoms in total. The number of para-hydroxylation sites is 2. The zero-order valence-corrected chi connectivity index (χ0v) is 23.5. The van der Waals surface area contributed by atoms with Gasteiger partial charge in [-0.1, -0.05) is 12.1 Å². The Morgan fingerprint density at radius 1 is 0.675 bits per heavy atom. The summed E-state index contributed by atoms with van der Waals surface area (Å²) in [5.41, 5.74) is 4.96. The zero-order valence-electron chi connectivity index (χ0n) is 23.5. The fourth-order valence-electron chi connectivity index (χ4n) is 5.58. The van der Waals surface area contributed by atoms with Crippen LogP contribution in [0.1, 0.15) is 35.9 Å². The minimum absolute atomic E-state index is 0.0228. The van der Waals surface area contributed by atoms with Crippen molar-refractivity contribution in [2.75, 3.05) is 53.3 Å². The number of carbonyl (C=O) groups is 1. The molecule has 5 rings (SSSR count). The number of ketones is 1. The summed E-state index contributed by atoms with van der Waals surface area (Å²) in [6.45, 7) is 0. The molecule has 0 amide bonds. The van der Waals surface area contributed by atoms with Crippen molar-refractivity contribution in [2.24, 2.45) is 0 Å². The zero-order chi connectivity index (χ0) is 28.4. The molecule has 0 unspecified atom stereocenters. The molecule has 0 saturated carbocycles. The average Bonchev–Trinajstić information content (AvgIpc) is 3.16. The highest BCUT2D eigenvalue weighted by molar-refractivity contribution is 6.01. The lowest BCUT2D eigenvalue weighted by atomic mass is 9.78. The summed E-state index contributed by atoms with van der Waals surface area (Å²) in [7, 11) is 9.52. The lowest BCUT2D eigenvalue weighted by Gasteiger charge is -2.31. The van der Waals surface area contributed by atoms with Crippen LogP contribution in [0.15, 0.2) is 59.8 Å². The lowest BCUT2D eigenvalue weighted by molar-refractivity contribution is -0.116. The van der Waals surface area contributed by atoms with E-state index in [-0.39, 0.29) is 11.7 Å². The van der Waals surface area contributed by atoms with E-state index in [0.717, 1.165) is 28.2 Å². The van der Waals surface area contributed by atoms with Gasteiger partial charge in [0.1, 0.15) is 5.75 Å². The van der Waals surface area contributed by atoms with Crippen LogP contribution >= 0.6 is 0 Å². The number of hydrogen-bond acceptors (Lipinski definition) is 9. The van der Waals surface area contributed by atoms with Crippen molar-refractivity contribution in [3.05, 3.63) is 70.9 Å². The van der Waals surface area contributed by atoms with Crippen molar-refractivity contribution in [3.8, 4) is 34.5 Å².